The molecule has 1 aromatic rings. The van der Waals surface area contributed by atoms with Crippen LogP contribution in [0.4, 0.5) is 0 Å². The summed E-state index contributed by atoms with van der Waals surface area (Å²) in [6.45, 7) is 7.96. The van der Waals surface area contributed by atoms with Gasteiger partial charge in [-0.2, -0.15) is 0 Å². The lowest BCUT2D eigenvalue weighted by Crippen LogP contribution is -2.41. The van der Waals surface area contributed by atoms with Gasteiger partial charge >= 0.3 is 0 Å². The number of Topliss-reactive ketones (excluding diaryl/α,β-unsaturated/α-hetero) is 1. The van der Waals surface area contributed by atoms with E-state index in [2.05, 4.69) is 21.4 Å². The van der Waals surface area contributed by atoms with Crippen molar-refractivity contribution in [3.8, 4) is 0 Å². The Morgan fingerprint density at radius 1 is 1.47 bits per heavy atom. The largest absolute Gasteiger partial charge is 0.334 e. The monoisotopic (exact) mass is 235 g/mol. The Balaban J connectivity index is 1.84. The van der Waals surface area contributed by atoms with Crippen molar-refractivity contribution in [3.63, 3.8) is 0 Å². The molecule has 1 atom stereocenters. The summed E-state index contributed by atoms with van der Waals surface area (Å²) in [6.07, 6.45) is 5.55. The first-order valence-electron chi connectivity index (χ1n) is 6.43. The first-order chi connectivity index (χ1) is 8.20. The molecular formula is C13H21N3O. The molecule has 1 unspecified atom stereocenters. The van der Waals surface area contributed by atoms with Crippen molar-refractivity contribution in [1.82, 2.24) is 14.5 Å². The molecular weight excluding hydrogens is 214 g/mol. The van der Waals surface area contributed by atoms with Gasteiger partial charge in [0.25, 0.3) is 0 Å². The number of likely N-dealkylation sites (tertiary alicyclic amines) is 1. The standard InChI is InChI=1S/C13H21N3O/c1-3-12-10-15(6-4-13(12)17)8-9-16-7-5-14-11(16)2/h5,7,12H,3-4,6,8-10H2,1-2H3. The van der Waals surface area contributed by atoms with Gasteiger partial charge in [-0.25, -0.2) is 4.98 Å². The minimum Gasteiger partial charge on any atom is -0.334 e. The molecule has 4 nitrogen and oxygen atoms in total. The van der Waals surface area contributed by atoms with Gasteiger partial charge < -0.3 is 9.47 Å². The number of aryl methyl sites for hydroxylation is 1. The van der Waals surface area contributed by atoms with Crippen LogP contribution in [-0.4, -0.2) is 39.9 Å². The van der Waals surface area contributed by atoms with Gasteiger partial charge in [-0.15, -0.1) is 0 Å². The van der Waals surface area contributed by atoms with Gasteiger partial charge in [0.2, 0.25) is 0 Å². The van der Waals surface area contributed by atoms with E-state index in [1.54, 1.807) is 0 Å². The van der Waals surface area contributed by atoms with Crippen molar-refractivity contribution in [2.45, 2.75) is 33.2 Å². The molecule has 4 heteroatoms. The summed E-state index contributed by atoms with van der Waals surface area (Å²) >= 11 is 0. The number of imidazole rings is 1. The fraction of sp³-hybridized carbons (Fsp3) is 0.692. The summed E-state index contributed by atoms with van der Waals surface area (Å²) in [5, 5.41) is 0. The Bertz CT molecular complexity index is 386. The fourth-order valence-corrected chi connectivity index (χ4v) is 2.43. The maximum atomic E-state index is 11.6. The predicted octanol–water partition coefficient (Wildman–Crippen LogP) is 1.49. The Morgan fingerprint density at radius 2 is 2.29 bits per heavy atom. The highest BCUT2D eigenvalue weighted by Gasteiger charge is 2.25. The number of ketones is 1. The van der Waals surface area contributed by atoms with Crippen LogP contribution in [0.3, 0.4) is 0 Å². The molecule has 1 aromatic heterocycles. The number of rotatable bonds is 4. The van der Waals surface area contributed by atoms with Gasteiger partial charge in [0.15, 0.2) is 0 Å². The summed E-state index contributed by atoms with van der Waals surface area (Å²) < 4.78 is 2.16. The lowest BCUT2D eigenvalue weighted by Gasteiger charge is -2.31. The molecule has 1 fully saturated rings. The minimum absolute atomic E-state index is 0.257. The quantitative estimate of drug-likeness (QED) is 0.793. The van der Waals surface area contributed by atoms with Gasteiger partial charge in [0.1, 0.15) is 11.6 Å². The molecule has 2 rings (SSSR count). The van der Waals surface area contributed by atoms with Gasteiger partial charge in [0.05, 0.1) is 0 Å². The van der Waals surface area contributed by atoms with Crippen LogP contribution in [0.5, 0.6) is 0 Å². The third-order valence-electron chi connectivity index (χ3n) is 3.68. The van der Waals surface area contributed by atoms with E-state index >= 15 is 0 Å². The van der Waals surface area contributed by atoms with E-state index in [9.17, 15) is 4.79 Å². The SMILES string of the molecule is CCC1CN(CCn2ccnc2C)CCC1=O. The van der Waals surface area contributed by atoms with Gasteiger partial charge in [-0.1, -0.05) is 6.92 Å². The summed E-state index contributed by atoms with van der Waals surface area (Å²) in [5.74, 6) is 1.76. The normalized spacial score (nSPS) is 22.0. The van der Waals surface area contributed by atoms with E-state index in [-0.39, 0.29) is 5.92 Å². The molecule has 2 heterocycles. The molecule has 1 aliphatic heterocycles. The zero-order chi connectivity index (χ0) is 12.3. The topological polar surface area (TPSA) is 38.1 Å². The highest BCUT2D eigenvalue weighted by atomic mass is 16.1. The van der Waals surface area contributed by atoms with E-state index < -0.39 is 0 Å². The molecule has 0 saturated carbocycles. The Hall–Kier alpha value is -1.16. The average Bonchev–Trinajstić information content (AvgIpc) is 2.74. The zero-order valence-corrected chi connectivity index (χ0v) is 10.7. The third-order valence-corrected chi connectivity index (χ3v) is 3.68. The summed E-state index contributed by atoms with van der Waals surface area (Å²) in [5.41, 5.74) is 0. The van der Waals surface area contributed by atoms with Crippen LogP contribution in [0.15, 0.2) is 12.4 Å². The first-order valence-corrected chi connectivity index (χ1v) is 6.43. The molecule has 0 radical (unpaired) electrons. The molecule has 0 amide bonds. The van der Waals surface area contributed by atoms with Crippen LogP contribution in [0.1, 0.15) is 25.6 Å². The second kappa shape index (κ2) is 5.45. The highest BCUT2D eigenvalue weighted by Crippen LogP contribution is 2.15. The molecule has 0 spiro atoms. The maximum Gasteiger partial charge on any atom is 0.138 e. The van der Waals surface area contributed by atoms with Gasteiger partial charge in [-0.3, -0.25) is 4.79 Å². The first kappa shape index (κ1) is 12.3. The number of piperidine rings is 1. The van der Waals surface area contributed by atoms with Crippen LogP contribution in [0, 0.1) is 12.8 Å². The lowest BCUT2D eigenvalue weighted by molar-refractivity contribution is -0.126. The summed E-state index contributed by atoms with van der Waals surface area (Å²) in [7, 11) is 0. The van der Waals surface area contributed by atoms with Crippen molar-refractivity contribution in [2.75, 3.05) is 19.6 Å². The van der Waals surface area contributed by atoms with Gasteiger partial charge in [-0.05, 0) is 13.3 Å². The molecule has 94 valence electrons. The van der Waals surface area contributed by atoms with Gasteiger partial charge in [0, 0.05) is 50.9 Å². The molecule has 0 aliphatic carbocycles. The molecule has 0 aromatic carbocycles. The van der Waals surface area contributed by atoms with Crippen molar-refractivity contribution in [2.24, 2.45) is 5.92 Å². The highest BCUT2D eigenvalue weighted by molar-refractivity contribution is 5.82. The maximum absolute atomic E-state index is 11.6. The molecule has 0 N–H and O–H groups in total. The minimum atomic E-state index is 0.257. The Labute approximate surface area is 103 Å². The van der Waals surface area contributed by atoms with E-state index in [1.807, 2.05) is 19.3 Å². The van der Waals surface area contributed by atoms with Crippen LogP contribution in [0.25, 0.3) is 0 Å². The number of carbonyl (C=O) groups is 1. The molecule has 17 heavy (non-hydrogen) atoms. The molecule has 0 bridgehead atoms. The van der Waals surface area contributed by atoms with Crippen molar-refractivity contribution in [3.05, 3.63) is 18.2 Å². The van der Waals surface area contributed by atoms with Crippen LogP contribution in [-0.2, 0) is 11.3 Å². The molecule has 1 saturated heterocycles. The predicted molar refractivity (Wildman–Crippen MR) is 66.8 cm³/mol. The van der Waals surface area contributed by atoms with Crippen LogP contribution < -0.4 is 0 Å². The number of hydrogen-bond acceptors (Lipinski definition) is 3. The lowest BCUT2D eigenvalue weighted by atomic mass is 9.94. The van der Waals surface area contributed by atoms with E-state index in [0.29, 0.717) is 5.78 Å². The number of nitrogens with zero attached hydrogens (tertiary/aromatic N) is 3. The number of carbonyl (C=O) groups excluding carboxylic acids is 1. The fourth-order valence-electron chi connectivity index (χ4n) is 2.43. The zero-order valence-electron chi connectivity index (χ0n) is 10.7. The van der Waals surface area contributed by atoms with Crippen molar-refractivity contribution >= 4 is 5.78 Å². The number of hydrogen-bond donors (Lipinski definition) is 0. The average molecular weight is 235 g/mol. The summed E-state index contributed by atoms with van der Waals surface area (Å²) in [6, 6.07) is 0. The van der Waals surface area contributed by atoms with Crippen molar-refractivity contribution < 1.29 is 4.79 Å². The van der Waals surface area contributed by atoms with Crippen LogP contribution >= 0.6 is 0 Å². The van der Waals surface area contributed by atoms with E-state index in [4.69, 9.17) is 0 Å². The van der Waals surface area contributed by atoms with E-state index in [1.165, 1.54) is 0 Å². The second-order valence-electron chi connectivity index (χ2n) is 4.79. The summed E-state index contributed by atoms with van der Waals surface area (Å²) in [4.78, 5) is 18.2. The van der Waals surface area contributed by atoms with Crippen LogP contribution in [0.2, 0.25) is 0 Å². The Morgan fingerprint density at radius 3 is 2.94 bits per heavy atom. The Kier molecular flexibility index (Phi) is 3.94. The molecule has 1 aliphatic rings. The van der Waals surface area contributed by atoms with E-state index in [0.717, 1.165) is 44.8 Å². The van der Waals surface area contributed by atoms with Crippen molar-refractivity contribution in [1.29, 1.82) is 0 Å². The second-order valence-corrected chi connectivity index (χ2v) is 4.79. The third kappa shape index (κ3) is 2.94. The smallest absolute Gasteiger partial charge is 0.138 e. The number of aromatic nitrogens is 2.